The molecule has 1 heterocycles. The number of aromatic nitrogens is 2. The quantitative estimate of drug-likeness (QED) is 0.515. The molecule has 0 aliphatic carbocycles. The molecule has 3 N–H and O–H groups in total. The van der Waals surface area contributed by atoms with Crippen LogP contribution in [-0.4, -0.2) is 26.8 Å². The maximum atomic E-state index is 13.9. The SMILES string of the molecule is O=C(O)C[C@H](NC(=O)c1cc(=O)n(-c2ccccc2F)[nH]1)c1cccc(C(F)(F)F)c1. The molecule has 1 amide bonds. The van der Waals surface area contributed by atoms with Gasteiger partial charge in [0.05, 0.1) is 18.0 Å². The first-order chi connectivity index (χ1) is 14.6. The molecular formula is C20H15F4N3O4. The highest BCUT2D eigenvalue weighted by Crippen LogP contribution is 2.31. The average Bonchev–Trinajstić information content (AvgIpc) is 3.08. The van der Waals surface area contributed by atoms with Gasteiger partial charge in [-0.05, 0) is 29.8 Å². The van der Waals surface area contributed by atoms with E-state index in [1.165, 1.54) is 24.3 Å². The number of halogens is 4. The number of aliphatic carboxylic acids is 1. The zero-order chi connectivity index (χ0) is 22.8. The minimum atomic E-state index is -4.66. The second-order valence-electron chi connectivity index (χ2n) is 6.54. The highest BCUT2D eigenvalue weighted by atomic mass is 19.4. The molecule has 2 aromatic carbocycles. The molecule has 3 aromatic rings. The van der Waals surface area contributed by atoms with Crippen LogP contribution in [0.4, 0.5) is 17.6 Å². The van der Waals surface area contributed by atoms with Crippen LogP contribution in [0.2, 0.25) is 0 Å². The van der Waals surface area contributed by atoms with Crippen LogP contribution in [-0.2, 0) is 11.0 Å². The van der Waals surface area contributed by atoms with Crippen molar-refractivity contribution < 1.29 is 32.3 Å². The second-order valence-corrected chi connectivity index (χ2v) is 6.54. The minimum absolute atomic E-state index is 0.0820. The number of carboxylic acids is 1. The van der Waals surface area contributed by atoms with Crippen molar-refractivity contribution in [1.82, 2.24) is 15.1 Å². The Bertz CT molecular complexity index is 1180. The first-order valence-electron chi connectivity index (χ1n) is 8.83. The van der Waals surface area contributed by atoms with Crippen molar-refractivity contribution in [2.24, 2.45) is 0 Å². The molecular weight excluding hydrogens is 422 g/mol. The summed E-state index contributed by atoms with van der Waals surface area (Å²) in [6, 6.07) is 8.73. The van der Waals surface area contributed by atoms with Crippen LogP contribution in [0.3, 0.4) is 0 Å². The lowest BCUT2D eigenvalue weighted by Gasteiger charge is -2.18. The largest absolute Gasteiger partial charge is 0.481 e. The summed E-state index contributed by atoms with van der Waals surface area (Å²) in [5, 5.41) is 13.8. The highest BCUT2D eigenvalue weighted by Gasteiger charge is 2.31. The van der Waals surface area contributed by atoms with Crippen LogP contribution in [0.5, 0.6) is 0 Å². The maximum absolute atomic E-state index is 13.9. The summed E-state index contributed by atoms with van der Waals surface area (Å²) >= 11 is 0. The van der Waals surface area contributed by atoms with Gasteiger partial charge in [-0.15, -0.1) is 0 Å². The van der Waals surface area contributed by atoms with Gasteiger partial charge >= 0.3 is 12.1 Å². The Morgan fingerprint density at radius 2 is 1.81 bits per heavy atom. The molecule has 1 aromatic heterocycles. The minimum Gasteiger partial charge on any atom is -0.481 e. The number of hydrogen-bond donors (Lipinski definition) is 3. The number of hydrogen-bond acceptors (Lipinski definition) is 3. The van der Waals surface area contributed by atoms with Gasteiger partial charge in [0.2, 0.25) is 0 Å². The van der Waals surface area contributed by atoms with Gasteiger partial charge in [-0.25, -0.2) is 9.07 Å². The van der Waals surface area contributed by atoms with Crippen molar-refractivity contribution in [3.8, 4) is 5.69 Å². The number of nitrogens with one attached hydrogen (secondary N) is 2. The second kappa shape index (κ2) is 8.46. The van der Waals surface area contributed by atoms with Gasteiger partial charge < -0.3 is 10.4 Å². The molecule has 0 aliphatic heterocycles. The van der Waals surface area contributed by atoms with E-state index in [2.05, 4.69) is 10.4 Å². The van der Waals surface area contributed by atoms with E-state index in [-0.39, 0.29) is 16.9 Å². The number of H-pyrrole nitrogens is 1. The number of carbonyl (C=O) groups excluding carboxylic acids is 1. The molecule has 0 saturated heterocycles. The summed E-state index contributed by atoms with van der Waals surface area (Å²) < 4.78 is 53.7. The zero-order valence-corrected chi connectivity index (χ0v) is 15.6. The van der Waals surface area contributed by atoms with Crippen LogP contribution in [0.25, 0.3) is 5.69 Å². The van der Waals surface area contributed by atoms with Gasteiger partial charge in [-0.2, -0.15) is 13.2 Å². The fraction of sp³-hybridized carbons (Fsp3) is 0.150. The van der Waals surface area contributed by atoms with Crippen LogP contribution < -0.4 is 10.9 Å². The summed E-state index contributed by atoms with van der Waals surface area (Å²) in [7, 11) is 0. The molecule has 31 heavy (non-hydrogen) atoms. The number of benzene rings is 2. The third kappa shape index (κ3) is 5.00. The number of nitrogens with zero attached hydrogens (tertiary/aromatic N) is 1. The van der Waals surface area contributed by atoms with Crippen LogP contribution >= 0.6 is 0 Å². The lowest BCUT2D eigenvalue weighted by atomic mass is 10.0. The molecule has 0 bridgehead atoms. The number of amides is 1. The Morgan fingerprint density at radius 1 is 1.10 bits per heavy atom. The van der Waals surface area contributed by atoms with Crippen molar-refractivity contribution in [3.05, 3.63) is 87.6 Å². The molecule has 0 unspecified atom stereocenters. The highest BCUT2D eigenvalue weighted by molar-refractivity contribution is 5.92. The fourth-order valence-corrected chi connectivity index (χ4v) is 2.92. The van der Waals surface area contributed by atoms with E-state index in [1.54, 1.807) is 0 Å². The number of carbonyl (C=O) groups is 2. The summed E-state index contributed by atoms with van der Waals surface area (Å²) in [4.78, 5) is 35.9. The Morgan fingerprint density at radius 3 is 2.45 bits per heavy atom. The van der Waals surface area contributed by atoms with E-state index < -0.39 is 47.5 Å². The van der Waals surface area contributed by atoms with Gasteiger partial charge in [0, 0.05) is 6.07 Å². The Balaban J connectivity index is 1.91. The van der Waals surface area contributed by atoms with Crippen molar-refractivity contribution in [2.75, 3.05) is 0 Å². The first-order valence-corrected chi connectivity index (χ1v) is 8.83. The van der Waals surface area contributed by atoms with E-state index in [0.717, 1.165) is 35.0 Å². The van der Waals surface area contributed by atoms with Crippen LogP contribution in [0.15, 0.2) is 59.4 Å². The Labute approximate surface area is 171 Å². The molecule has 0 aliphatic rings. The van der Waals surface area contributed by atoms with Gasteiger partial charge in [-0.3, -0.25) is 19.5 Å². The summed E-state index contributed by atoms with van der Waals surface area (Å²) in [5.74, 6) is -3.04. The number of para-hydroxylation sites is 1. The van der Waals surface area contributed by atoms with Crippen molar-refractivity contribution in [1.29, 1.82) is 0 Å². The van der Waals surface area contributed by atoms with E-state index in [1.807, 2.05) is 0 Å². The van der Waals surface area contributed by atoms with Crippen molar-refractivity contribution in [2.45, 2.75) is 18.6 Å². The number of alkyl halides is 3. The van der Waals surface area contributed by atoms with Crippen LogP contribution in [0, 0.1) is 5.82 Å². The van der Waals surface area contributed by atoms with Gasteiger partial charge in [0.15, 0.2) is 0 Å². The third-order valence-corrected chi connectivity index (χ3v) is 4.36. The summed E-state index contributed by atoms with van der Waals surface area (Å²) in [6.45, 7) is 0. The van der Waals surface area contributed by atoms with Gasteiger partial charge in [0.1, 0.15) is 17.2 Å². The molecule has 0 spiro atoms. The Kier molecular flexibility index (Phi) is 5.95. The molecule has 0 radical (unpaired) electrons. The third-order valence-electron chi connectivity index (χ3n) is 4.36. The topological polar surface area (TPSA) is 104 Å². The van der Waals surface area contributed by atoms with Crippen molar-refractivity contribution in [3.63, 3.8) is 0 Å². The molecule has 7 nitrogen and oxygen atoms in total. The van der Waals surface area contributed by atoms with E-state index in [0.29, 0.717) is 0 Å². The van der Waals surface area contributed by atoms with Gasteiger partial charge in [-0.1, -0.05) is 24.3 Å². The number of aromatic amines is 1. The molecule has 1 atom stereocenters. The number of rotatable bonds is 6. The smallest absolute Gasteiger partial charge is 0.416 e. The average molecular weight is 437 g/mol. The Hall–Kier alpha value is -3.89. The van der Waals surface area contributed by atoms with E-state index >= 15 is 0 Å². The lowest BCUT2D eigenvalue weighted by Crippen LogP contribution is -2.30. The predicted octanol–water partition coefficient (Wildman–Crippen LogP) is 3.27. The molecule has 3 rings (SSSR count). The summed E-state index contributed by atoms with van der Waals surface area (Å²) in [5.41, 5.74) is -2.32. The summed E-state index contributed by atoms with van der Waals surface area (Å²) in [6.07, 6.45) is -5.36. The zero-order valence-electron chi connectivity index (χ0n) is 15.6. The lowest BCUT2D eigenvalue weighted by molar-refractivity contribution is -0.138. The molecule has 162 valence electrons. The van der Waals surface area contributed by atoms with E-state index in [4.69, 9.17) is 5.11 Å². The normalized spacial score (nSPS) is 12.4. The molecule has 0 fully saturated rings. The predicted molar refractivity (Wildman–Crippen MR) is 100 cm³/mol. The van der Waals surface area contributed by atoms with E-state index in [9.17, 15) is 31.9 Å². The maximum Gasteiger partial charge on any atom is 0.416 e. The number of carboxylic acid groups (broad SMARTS) is 1. The molecule has 11 heteroatoms. The molecule has 0 saturated carbocycles. The monoisotopic (exact) mass is 437 g/mol. The first kappa shape index (κ1) is 21.8. The van der Waals surface area contributed by atoms with Crippen molar-refractivity contribution >= 4 is 11.9 Å². The standard InChI is InChI=1S/C20H15F4N3O4/c21-13-6-1-2-7-16(13)27-17(28)9-15(26-27)19(31)25-14(10-18(29)30)11-4-3-5-12(8-11)20(22,23)24/h1-9,14,26H,10H2,(H,25,31)(H,29,30)/t14-/m0/s1. The van der Waals surface area contributed by atoms with Crippen LogP contribution in [0.1, 0.15) is 34.1 Å². The van der Waals surface area contributed by atoms with Gasteiger partial charge in [0.25, 0.3) is 11.5 Å². The fourth-order valence-electron chi connectivity index (χ4n) is 2.92.